The Balaban J connectivity index is 1.59. The van der Waals surface area contributed by atoms with E-state index in [2.05, 4.69) is 11.8 Å². The summed E-state index contributed by atoms with van der Waals surface area (Å²) in [6, 6.07) is 11.9. The van der Waals surface area contributed by atoms with Crippen molar-refractivity contribution in [3.8, 4) is 11.5 Å². The van der Waals surface area contributed by atoms with Crippen LogP contribution in [0.15, 0.2) is 42.5 Å². The van der Waals surface area contributed by atoms with Crippen LogP contribution in [0.5, 0.6) is 11.5 Å². The molecule has 3 rings (SSSR count). The minimum absolute atomic E-state index is 0.0309. The van der Waals surface area contributed by atoms with Crippen LogP contribution in [0, 0.1) is 5.82 Å². The molecule has 1 aliphatic heterocycles. The molecule has 0 bridgehead atoms. The Hall–Kier alpha value is -2.64. The summed E-state index contributed by atoms with van der Waals surface area (Å²) in [4.78, 5) is 17.0. The van der Waals surface area contributed by atoms with Gasteiger partial charge in [0.05, 0.1) is 13.7 Å². The predicted molar refractivity (Wildman–Crippen MR) is 112 cm³/mol. The molecule has 1 amide bonds. The number of halogens is 1. The minimum Gasteiger partial charge on any atom is -0.493 e. The number of piperazine rings is 1. The number of aliphatic hydroxyl groups is 1. The van der Waals surface area contributed by atoms with Gasteiger partial charge in [0.25, 0.3) is 5.91 Å². The van der Waals surface area contributed by atoms with E-state index in [1.165, 1.54) is 19.2 Å². The second-order valence-corrected chi connectivity index (χ2v) is 7.73. The number of ether oxygens (including phenoxy) is 2. The van der Waals surface area contributed by atoms with Crippen molar-refractivity contribution >= 4 is 5.91 Å². The molecule has 0 spiro atoms. The average molecular weight is 416 g/mol. The summed E-state index contributed by atoms with van der Waals surface area (Å²) in [7, 11) is 1.53. The molecule has 30 heavy (non-hydrogen) atoms. The van der Waals surface area contributed by atoms with E-state index in [0.29, 0.717) is 23.6 Å². The molecule has 1 aliphatic rings. The number of methoxy groups -OCH3 is 1. The largest absolute Gasteiger partial charge is 0.493 e. The highest BCUT2D eigenvalue weighted by Gasteiger charge is 2.32. The molecule has 1 N–H and O–H groups in total. The number of benzene rings is 2. The van der Waals surface area contributed by atoms with Crippen LogP contribution in [-0.2, 0) is 17.9 Å². The molecular formula is C23H29FN2O4. The van der Waals surface area contributed by atoms with E-state index >= 15 is 0 Å². The number of carbonyl (C=O) groups excluding carboxylic acids is 1. The topological polar surface area (TPSA) is 62.2 Å². The zero-order chi connectivity index (χ0) is 21.7. The fourth-order valence-electron chi connectivity index (χ4n) is 3.74. The molecule has 2 aromatic carbocycles. The zero-order valence-electron chi connectivity index (χ0n) is 17.7. The third kappa shape index (κ3) is 5.29. The zero-order valence-corrected chi connectivity index (χ0v) is 17.7. The first-order valence-electron chi connectivity index (χ1n) is 10.1. The molecule has 1 saturated heterocycles. The summed E-state index contributed by atoms with van der Waals surface area (Å²) >= 11 is 0. The van der Waals surface area contributed by atoms with Crippen LogP contribution in [0.4, 0.5) is 4.39 Å². The summed E-state index contributed by atoms with van der Waals surface area (Å²) in [6.45, 7) is 5.94. The number of amides is 1. The van der Waals surface area contributed by atoms with Gasteiger partial charge in [0.1, 0.15) is 5.82 Å². The number of aliphatic hydroxyl groups excluding tert-OH is 1. The van der Waals surface area contributed by atoms with Gasteiger partial charge in [-0.2, -0.15) is 0 Å². The number of rotatable bonds is 7. The molecule has 1 fully saturated rings. The van der Waals surface area contributed by atoms with Crippen molar-refractivity contribution in [2.24, 2.45) is 0 Å². The average Bonchev–Trinajstić information content (AvgIpc) is 2.75. The fraction of sp³-hybridized carbons (Fsp3) is 0.435. The fourth-order valence-corrected chi connectivity index (χ4v) is 3.74. The lowest BCUT2D eigenvalue weighted by Crippen LogP contribution is -2.58. The van der Waals surface area contributed by atoms with E-state index in [9.17, 15) is 14.3 Å². The molecule has 7 heteroatoms. The molecule has 0 aliphatic carbocycles. The third-order valence-electron chi connectivity index (χ3n) is 5.50. The van der Waals surface area contributed by atoms with Crippen molar-refractivity contribution in [1.82, 2.24) is 9.80 Å². The quantitative estimate of drug-likeness (QED) is 0.752. The molecule has 6 nitrogen and oxygen atoms in total. The van der Waals surface area contributed by atoms with Gasteiger partial charge in [0, 0.05) is 31.7 Å². The first kappa shape index (κ1) is 22.1. The Kier molecular flexibility index (Phi) is 7.29. The van der Waals surface area contributed by atoms with Crippen molar-refractivity contribution < 1.29 is 23.8 Å². The maximum atomic E-state index is 13.1. The van der Waals surface area contributed by atoms with Crippen LogP contribution in [0.25, 0.3) is 0 Å². The molecular weight excluding hydrogens is 387 g/mol. The van der Waals surface area contributed by atoms with Crippen molar-refractivity contribution in [3.63, 3.8) is 0 Å². The molecule has 2 aromatic rings. The van der Waals surface area contributed by atoms with E-state index in [4.69, 9.17) is 9.47 Å². The Morgan fingerprint density at radius 1 is 1.07 bits per heavy atom. The first-order valence-corrected chi connectivity index (χ1v) is 10.1. The van der Waals surface area contributed by atoms with Gasteiger partial charge < -0.3 is 19.5 Å². The Bertz CT molecular complexity index is 859. The van der Waals surface area contributed by atoms with E-state index < -0.39 is 0 Å². The van der Waals surface area contributed by atoms with Crippen molar-refractivity contribution in [1.29, 1.82) is 0 Å². The Morgan fingerprint density at radius 2 is 1.77 bits per heavy atom. The predicted octanol–water partition coefficient (Wildman–Crippen LogP) is 2.83. The van der Waals surface area contributed by atoms with Crippen LogP contribution in [0.3, 0.4) is 0 Å². The van der Waals surface area contributed by atoms with Crippen LogP contribution in [0.2, 0.25) is 0 Å². The second kappa shape index (κ2) is 9.91. The van der Waals surface area contributed by atoms with Gasteiger partial charge in [-0.1, -0.05) is 18.2 Å². The lowest BCUT2D eigenvalue weighted by atomic mass is 10.1. The highest BCUT2D eigenvalue weighted by atomic mass is 19.1. The van der Waals surface area contributed by atoms with E-state index in [1.54, 1.807) is 30.3 Å². The van der Waals surface area contributed by atoms with Gasteiger partial charge in [-0.3, -0.25) is 9.69 Å². The van der Waals surface area contributed by atoms with Crippen LogP contribution in [-0.4, -0.2) is 59.7 Å². The molecule has 0 aromatic heterocycles. The molecule has 2 atom stereocenters. The van der Waals surface area contributed by atoms with Gasteiger partial charge in [-0.15, -0.1) is 0 Å². The molecule has 1 heterocycles. The van der Waals surface area contributed by atoms with E-state index in [1.807, 2.05) is 11.8 Å². The van der Waals surface area contributed by atoms with Gasteiger partial charge in [-0.05, 0) is 49.2 Å². The van der Waals surface area contributed by atoms with E-state index in [0.717, 1.165) is 18.7 Å². The lowest BCUT2D eigenvalue weighted by molar-refractivity contribution is -0.139. The maximum Gasteiger partial charge on any atom is 0.260 e. The Labute approximate surface area is 176 Å². The highest BCUT2D eigenvalue weighted by molar-refractivity contribution is 5.78. The van der Waals surface area contributed by atoms with Crippen LogP contribution < -0.4 is 9.47 Å². The molecule has 0 saturated carbocycles. The number of nitrogens with zero attached hydrogens (tertiary/aromatic N) is 2. The molecule has 162 valence electrons. The third-order valence-corrected chi connectivity index (χ3v) is 5.50. The van der Waals surface area contributed by atoms with E-state index in [-0.39, 0.29) is 37.0 Å². The van der Waals surface area contributed by atoms with Gasteiger partial charge in [0.15, 0.2) is 18.1 Å². The smallest absolute Gasteiger partial charge is 0.260 e. The Morgan fingerprint density at radius 3 is 2.43 bits per heavy atom. The van der Waals surface area contributed by atoms with Crippen LogP contribution in [0.1, 0.15) is 25.0 Å². The van der Waals surface area contributed by atoms with Crippen molar-refractivity contribution in [2.75, 3.05) is 26.8 Å². The molecule has 0 radical (unpaired) electrons. The highest BCUT2D eigenvalue weighted by Crippen LogP contribution is 2.28. The summed E-state index contributed by atoms with van der Waals surface area (Å²) in [5.74, 6) is 0.627. The maximum absolute atomic E-state index is 13.1. The normalized spacial score (nSPS) is 19.6. The second-order valence-electron chi connectivity index (χ2n) is 7.73. The summed E-state index contributed by atoms with van der Waals surface area (Å²) in [5, 5.41) is 9.32. The number of carbonyl (C=O) groups is 1. The minimum atomic E-state index is -0.239. The van der Waals surface area contributed by atoms with Gasteiger partial charge >= 0.3 is 0 Å². The summed E-state index contributed by atoms with van der Waals surface area (Å²) in [6.07, 6.45) is 0. The van der Waals surface area contributed by atoms with Gasteiger partial charge in [-0.25, -0.2) is 4.39 Å². The monoisotopic (exact) mass is 416 g/mol. The summed E-state index contributed by atoms with van der Waals surface area (Å²) in [5.41, 5.74) is 1.74. The van der Waals surface area contributed by atoms with Crippen molar-refractivity contribution in [3.05, 3.63) is 59.4 Å². The standard InChI is InChI=1S/C23H29FN2O4/c1-16-12-26(17(2)11-25(16)13-18-4-7-20(24)8-5-18)23(28)15-30-22-10-19(14-27)6-9-21(22)29-3/h4-10,16-17,27H,11-15H2,1-3H3. The number of hydrogen-bond donors (Lipinski definition) is 1. The first-order chi connectivity index (χ1) is 14.4. The van der Waals surface area contributed by atoms with Gasteiger partial charge in [0.2, 0.25) is 0 Å². The van der Waals surface area contributed by atoms with Crippen molar-refractivity contribution in [2.45, 2.75) is 39.1 Å². The molecule has 2 unspecified atom stereocenters. The number of hydrogen-bond acceptors (Lipinski definition) is 5. The SMILES string of the molecule is COc1ccc(CO)cc1OCC(=O)N1CC(C)N(Cc2ccc(F)cc2)CC1C. The van der Waals surface area contributed by atoms with Crippen LogP contribution >= 0.6 is 0 Å². The summed E-state index contributed by atoms with van der Waals surface area (Å²) < 4.78 is 24.1. The lowest BCUT2D eigenvalue weighted by Gasteiger charge is -2.44.